The standard InChI is InChI=1S/C14H24O2/c1-10(2)11-5-6-14(15)12(8-11)9-13-4-3-7-16-13/h10-13H,3-9H2,1-2H3. The van der Waals surface area contributed by atoms with Crippen LogP contribution in [0.2, 0.25) is 0 Å². The molecule has 2 heteroatoms. The number of Topliss-reactive ketones (excluding diaryl/α,β-unsaturated/α-hetero) is 1. The lowest BCUT2D eigenvalue weighted by Gasteiger charge is -2.31. The Bertz CT molecular complexity index is 239. The molecule has 0 bridgehead atoms. The van der Waals surface area contributed by atoms with Crippen LogP contribution in [0, 0.1) is 17.8 Å². The maximum Gasteiger partial charge on any atom is 0.136 e. The van der Waals surface area contributed by atoms with Gasteiger partial charge in [-0.3, -0.25) is 4.79 Å². The highest BCUT2D eigenvalue weighted by Gasteiger charge is 2.32. The van der Waals surface area contributed by atoms with Crippen LogP contribution >= 0.6 is 0 Å². The van der Waals surface area contributed by atoms with Crippen LogP contribution in [0.4, 0.5) is 0 Å². The molecule has 2 aliphatic rings. The number of rotatable bonds is 3. The Balaban J connectivity index is 1.87. The van der Waals surface area contributed by atoms with E-state index in [0.717, 1.165) is 50.5 Å². The quantitative estimate of drug-likeness (QED) is 0.736. The molecule has 3 atom stereocenters. The van der Waals surface area contributed by atoms with E-state index in [-0.39, 0.29) is 0 Å². The molecule has 0 N–H and O–H groups in total. The second-order valence-electron chi connectivity index (χ2n) is 5.81. The number of hydrogen-bond donors (Lipinski definition) is 0. The highest BCUT2D eigenvalue weighted by Crippen LogP contribution is 2.35. The first-order valence-electron chi connectivity index (χ1n) is 6.81. The van der Waals surface area contributed by atoms with Gasteiger partial charge in [0.2, 0.25) is 0 Å². The van der Waals surface area contributed by atoms with Crippen molar-refractivity contribution in [1.29, 1.82) is 0 Å². The molecule has 1 aliphatic carbocycles. The molecule has 16 heavy (non-hydrogen) atoms. The third-order valence-electron chi connectivity index (χ3n) is 4.32. The normalized spacial score (nSPS) is 35.9. The number of ether oxygens (including phenoxy) is 1. The fourth-order valence-electron chi connectivity index (χ4n) is 3.13. The zero-order chi connectivity index (χ0) is 11.5. The third kappa shape index (κ3) is 2.85. The van der Waals surface area contributed by atoms with E-state index in [9.17, 15) is 4.79 Å². The topological polar surface area (TPSA) is 26.3 Å². The van der Waals surface area contributed by atoms with Gasteiger partial charge in [-0.15, -0.1) is 0 Å². The summed E-state index contributed by atoms with van der Waals surface area (Å²) in [5.41, 5.74) is 0. The van der Waals surface area contributed by atoms with Gasteiger partial charge >= 0.3 is 0 Å². The van der Waals surface area contributed by atoms with E-state index < -0.39 is 0 Å². The van der Waals surface area contributed by atoms with E-state index in [1.54, 1.807) is 0 Å². The van der Waals surface area contributed by atoms with Gasteiger partial charge in [0.15, 0.2) is 0 Å². The minimum absolute atomic E-state index is 0.296. The summed E-state index contributed by atoms with van der Waals surface area (Å²) < 4.78 is 5.65. The average Bonchev–Trinajstić information content (AvgIpc) is 2.73. The van der Waals surface area contributed by atoms with Crippen molar-refractivity contribution in [2.24, 2.45) is 17.8 Å². The molecule has 0 aromatic carbocycles. The van der Waals surface area contributed by atoms with E-state index in [2.05, 4.69) is 13.8 Å². The Morgan fingerprint density at radius 1 is 1.38 bits per heavy atom. The van der Waals surface area contributed by atoms with Crippen LogP contribution in [-0.2, 0) is 9.53 Å². The van der Waals surface area contributed by atoms with E-state index >= 15 is 0 Å². The SMILES string of the molecule is CC(C)C1CCC(=O)C(CC2CCCO2)C1. The lowest BCUT2D eigenvalue weighted by atomic mass is 9.73. The van der Waals surface area contributed by atoms with E-state index in [4.69, 9.17) is 4.74 Å². The summed E-state index contributed by atoms with van der Waals surface area (Å²) in [7, 11) is 0. The molecular weight excluding hydrogens is 200 g/mol. The Morgan fingerprint density at radius 2 is 2.19 bits per heavy atom. The molecule has 2 fully saturated rings. The second kappa shape index (κ2) is 5.31. The molecule has 0 aromatic heterocycles. The van der Waals surface area contributed by atoms with Crippen LogP contribution in [0.1, 0.15) is 52.4 Å². The molecule has 0 amide bonds. The van der Waals surface area contributed by atoms with Crippen molar-refractivity contribution < 1.29 is 9.53 Å². The van der Waals surface area contributed by atoms with Gasteiger partial charge in [-0.2, -0.15) is 0 Å². The number of ketones is 1. The molecule has 1 heterocycles. The summed E-state index contributed by atoms with van der Waals surface area (Å²) in [4.78, 5) is 11.9. The lowest BCUT2D eigenvalue weighted by Crippen LogP contribution is -2.30. The molecule has 1 aliphatic heterocycles. The molecule has 3 unspecified atom stereocenters. The zero-order valence-electron chi connectivity index (χ0n) is 10.6. The molecule has 0 radical (unpaired) electrons. The largest absolute Gasteiger partial charge is 0.378 e. The summed E-state index contributed by atoms with van der Waals surface area (Å²) in [5.74, 6) is 2.26. The summed E-state index contributed by atoms with van der Waals surface area (Å²) >= 11 is 0. The van der Waals surface area contributed by atoms with Crippen molar-refractivity contribution in [3.8, 4) is 0 Å². The summed E-state index contributed by atoms with van der Waals surface area (Å²) in [5, 5.41) is 0. The molecule has 1 saturated carbocycles. The molecule has 0 aromatic rings. The summed E-state index contributed by atoms with van der Waals surface area (Å²) in [6.45, 7) is 5.46. The van der Waals surface area contributed by atoms with Gasteiger partial charge in [0, 0.05) is 18.9 Å². The van der Waals surface area contributed by atoms with Crippen LogP contribution < -0.4 is 0 Å². The molecule has 2 nitrogen and oxygen atoms in total. The van der Waals surface area contributed by atoms with Crippen LogP contribution in [-0.4, -0.2) is 18.5 Å². The van der Waals surface area contributed by atoms with Gasteiger partial charge in [-0.1, -0.05) is 13.8 Å². The van der Waals surface area contributed by atoms with Crippen LogP contribution in [0.25, 0.3) is 0 Å². The summed E-state index contributed by atoms with van der Waals surface area (Å²) in [6, 6.07) is 0. The molecule has 92 valence electrons. The van der Waals surface area contributed by atoms with Gasteiger partial charge in [-0.25, -0.2) is 0 Å². The zero-order valence-corrected chi connectivity index (χ0v) is 10.6. The van der Waals surface area contributed by atoms with Crippen LogP contribution in [0.5, 0.6) is 0 Å². The van der Waals surface area contributed by atoms with Crippen molar-refractivity contribution in [2.75, 3.05) is 6.61 Å². The first-order valence-corrected chi connectivity index (χ1v) is 6.81. The van der Waals surface area contributed by atoms with Crippen molar-refractivity contribution >= 4 is 5.78 Å². The highest BCUT2D eigenvalue weighted by molar-refractivity contribution is 5.81. The highest BCUT2D eigenvalue weighted by atomic mass is 16.5. The predicted octanol–water partition coefficient (Wildman–Crippen LogP) is 3.20. The molecule has 1 saturated heterocycles. The molecule has 0 spiro atoms. The number of carbonyl (C=O) groups excluding carboxylic acids is 1. The number of carbonyl (C=O) groups is 1. The smallest absolute Gasteiger partial charge is 0.136 e. The number of hydrogen-bond acceptors (Lipinski definition) is 2. The Morgan fingerprint density at radius 3 is 2.81 bits per heavy atom. The van der Waals surface area contributed by atoms with Crippen LogP contribution in [0.3, 0.4) is 0 Å². The fraction of sp³-hybridized carbons (Fsp3) is 0.929. The maximum atomic E-state index is 11.9. The lowest BCUT2D eigenvalue weighted by molar-refractivity contribution is -0.127. The van der Waals surface area contributed by atoms with Gasteiger partial charge in [-0.05, 0) is 43.9 Å². The summed E-state index contributed by atoms with van der Waals surface area (Å²) in [6.07, 6.45) is 6.73. The van der Waals surface area contributed by atoms with E-state index in [1.807, 2.05) is 0 Å². The first-order chi connectivity index (χ1) is 7.66. The van der Waals surface area contributed by atoms with Crippen molar-refractivity contribution in [1.82, 2.24) is 0 Å². The monoisotopic (exact) mass is 224 g/mol. The predicted molar refractivity (Wildman–Crippen MR) is 64.3 cm³/mol. The van der Waals surface area contributed by atoms with E-state index in [1.165, 1.54) is 6.42 Å². The fourth-order valence-corrected chi connectivity index (χ4v) is 3.13. The molecular formula is C14H24O2. The van der Waals surface area contributed by atoms with Gasteiger partial charge in [0.05, 0.1) is 6.10 Å². The third-order valence-corrected chi connectivity index (χ3v) is 4.32. The maximum absolute atomic E-state index is 11.9. The van der Waals surface area contributed by atoms with Gasteiger partial charge in [0.25, 0.3) is 0 Å². The Labute approximate surface area is 98.7 Å². The van der Waals surface area contributed by atoms with Crippen LogP contribution in [0.15, 0.2) is 0 Å². The van der Waals surface area contributed by atoms with E-state index in [0.29, 0.717) is 17.8 Å². The minimum Gasteiger partial charge on any atom is -0.378 e. The van der Waals surface area contributed by atoms with Gasteiger partial charge < -0.3 is 4.74 Å². The Hall–Kier alpha value is -0.370. The van der Waals surface area contributed by atoms with Crippen molar-refractivity contribution in [2.45, 2.75) is 58.5 Å². The average molecular weight is 224 g/mol. The first kappa shape index (κ1) is 12.1. The van der Waals surface area contributed by atoms with Gasteiger partial charge in [0.1, 0.15) is 5.78 Å². The minimum atomic E-state index is 0.296. The second-order valence-corrected chi connectivity index (χ2v) is 5.81. The van der Waals surface area contributed by atoms with Crippen molar-refractivity contribution in [3.05, 3.63) is 0 Å². The molecule has 2 rings (SSSR count). The van der Waals surface area contributed by atoms with Crippen molar-refractivity contribution in [3.63, 3.8) is 0 Å². The Kier molecular flexibility index (Phi) is 4.01.